The molecule has 10 aromatic rings. The molecule has 0 radical (unpaired) electrons. The summed E-state index contributed by atoms with van der Waals surface area (Å²) in [4.78, 5) is 44.4. The smallest absolute Gasteiger partial charge is 0.360 e. The van der Waals surface area contributed by atoms with E-state index in [4.69, 9.17) is 33.7 Å². The molecule has 24 nitrogen and oxygen atoms in total. The number of carboxylic acids is 1. The number of hydrogen-bond acceptors (Lipinski definition) is 17. The number of hydrogen-bond donors (Lipinski definition) is 1. The third-order valence-electron chi connectivity index (χ3n) is 15.4. The highest BCUT2D eigenvalue weighted by molar-refractivity contribution is 6.13. The van der Waals surface area contributed by atoms with Crippen LogP contribution < -0.4 is 9.47 Å². The second-order valence-corrected chi connectivity index (χ2v) is 19.8. The van der Waals surface area contributed by atoms with Crippen molar-refractivity contribution in [1.82, 2.24) is 78.6 Å². The van der Waals surface area contributed by atoms with Crippen molar-refractivity contribution in [3.05, 3.63) is 94.8 Å². The number of pyridine rings is 4. The van der Waals surface area contributed by atoms with Gasteiger partial charge >= 0.3 is 11.9 Å². The second kappa shape index (κ2) is 20.7. The Bertz CT molecular complexity index is 3890. The van der Waals surface area contributed by atoms with Gasteiger partial charge in [-0.25, -0.2) is 19.0 Å². The van der Waals surface area contributed by atoms with E-state index in [1.54, 1.807) is 52.4 Å². The molecule has 24 heteroatoms. The highest BCUT2D eigenvalue weighted by atomic mass is 16.5. The summed E-state index contributed by atoms with van der Waals surface area (Å²) in [6.45, 7) is 8.40. The molecule has 2 aliphatic rings. The molecule has 0 amide bonds. The maximum atomic E-state index is 13.1. The van der Waals surface area contributed by atoms with Crippen molar-refractivity contribution < 1.29 is 38.4 Å². The number of fused-ring (bicyclic) bond motifs is 6. The number of aromatic carboxylic acids is 1. The van der Waals surface area contributed by atoms with Crippen molar-refractivity contribution in [2.45, 2.75) is 58.5 Å². The summed E-state index contributed by atoms with van der Waals surface area (Å²) in [6, 6.07) is 5.25. The van der Waals surface area contributed by atoms with Crippen LogP contribution in [0.1, 0.15) is 86.8 Å². The van der Waals surface area contributed by atoms with Gasteiger partial charge in [0.05, 0.1) is 67.2 Å². The summed E-state index contributed by atoms with van der Waals surface area (Å²) >= 11 is 0. The number of rotatable bonds is 12. The Morgan fingerprint density at radius 1 is 0.628 bits per heavy atom. The molecule has 404 valence electrons. The maximum Gasteiger partial charge on any atom is 0.360 e. The number of esters is 1. The molecule has 0 bridgehead atoms. The Labute approximate surface area is 446 Å². The Hall–Kier alpha value is -8.64. The third kappa shape index (κ3) is 8.45. The van der Waals surface area contributed by atoms with Gasteiger partial charge in [-0.2, -0.15) is 10.2 Å². The minimum absolute atomic E-state index is 0.0234. The number of carbonyl (C=O) groups excluding carboxylic acids is 1. The van der Waals surface area contributed by atoms with Gasteiger partial charge in [-0.1, -0.05) is 10.4 Å². The minimum atomic E-state index is -1.10. The molecule has 2 fully saturated rings. The van der Waals surface area contributed by atoms with Gasteiger partial charge in [0.2, 0.25) is 0 Å². The molecule has 78 heavy (non-hydrogen) atoms. The molecule has 0 aromatic carbocycles. The van der Waals surface area contributed by atoms with Crippen LogP contribution in [0, 0.1) is 32.6 Å². The van der Waals surface area contributed by atoms with E-state index >= 15 is 0 Å². The zero-order valence-electron chi connectivity index (χ0n) is 45.1. The zero-order chi connectivity index (χ0) is 54.7. The van der Waals surface area contributed by atoms with E-state index < -0.39 is 11.9 Å². The molecule has 2 atom stereocenters. The van der Waals surface area contributed by atoms with E-state index in [2.05, 4.69) is 56.0 Å². The lowest BCUT2D eigenvalue weighted by atomic mass is 9.86. The summed E-state index contributed by atoms with van der Waals surface area (Å²) in [7, 11) is 11.9. The zero-order valence-corrected chi connectivity index (χ0v) is 45.1. The number of carbonyl (C=O) groups is 2. The first-order chi connectivity index (χ1) is 37.8. The van der Waals surface area contributed by atoms with Crippen LogP contribution in [0.5, 0.6) is 11.5 Å². The van der Waals surface area contributed by atoms with Gasteiger partial charge in [0.1, 0.15) is 44.6 Å². The topological polar surface area (TPSA) is 259 Å². The summed E-state index contributed by atoms with van der Waals surface area (Å²) in [6.07, 6.45) is 14.0. The van der Waals surface area contributed by atoms with Gasteiger partial charge in [0.15, 0.2) is 11.4 Å². The quantitative estimate of drug-likeness (QED) is 0.125. The minimum Gasteiger partial charge on any atom is -0.496 e. The molecule has 2 aliphatic heterocycles. The van der Waals surface area contributed by atoms with Crippen molar-refractivity contribution in [1.29, 1.82) is 0 Å². The average molecular weight is 1060 g/mol. The van der Waals surface area contributed by atoms with E-state index in [1.807, 2.05) is 78.8 Å². The molecule has 1 N–H and O–H groups in total. The van der Waals surface area contributed by atoms with Gasteiger partial charge in [-0.15, -0.1) is 10.2 Å². The van der Waals surface area contributed by atoms with Crippen LogP contribution in [-0.4, -0.2) is 143 Å². The van der Waals surface area contributed by atoms with Crippen LogP contribution in [0.15, 0.2) is 55.4 Å². The normalized spacial score (nSPS) is 15.3. The van der Waals surface area contributed by atoms with Crippen molar-refractivity contribution in [3.8, 4) is 34.0 Å². The molecule has 0 spiro atoms. The number of aromatic nitrogens is 16. The van der Waals surface area contributed by atoms with E-state index in [0.29, 0.717) is 54.2 Å². The summed E-state index contributed by atoms with van der Waals surface area (Å²) in [5.74, 6) is 0.0887. The van der Waals surface area contributed by atoms with E-state index in [1.165, 1.54) is 7.11 Å². The first-order valence-electron chi connectivity index (χ1n) is 25.7. The summed E-state index contributed by atoms with van der Waals surface area (Å²) in [5.41, 5.74) is 13.7. The van der Waals surface area contributed by atoms with Crippen LogP contribution >= 0.6 is 0 Å². The van der Waals surface area contributed by atoms with Gasteiger partial charge < -0.3 is 37.9 Å². The monoisotopic (exact) mass is 1060 g/mol. The lowest BCUT2D eigenvalue weighted by Crippen LogP contribution is -2.28. The van der Waals surface area contributed by atoms with Crippen molar-refractivity contribution in [3.63, 3.8) is 0 Å². The highest BCUT2D eigenvalue weighted by Gasteiger charge is 2.38. The Balaban J connectivity index is 0.000000165. The molecular weight excluding hydrogens is 1000 g/mol. The summed E-state index contributed by atoms with van der Waals surface area (Å²) < 4.78 is 39.4. The number of methoxy groups -OCH3 is 3. The molecule has 12 heterocycles. The lowest BCUT2D eigenvalue weighted by Gasteiger charge is -2.33. The van der Waals surface area contributed by atoms with E-state index in [-0.39, 0.29) is 35.3 Å². The molecule has 2 unspecified atom stereocenters. The Kier molecular flexibility index (Phi) is 13.7. The van der Waals surface area contributed by atoms with Crippen LogP contribution in [0.2, 0.25) is 0 Å². The SMILES string of the molecule is COC(=O)c1nn(C)c2c3ncc(-c4c(C)nnn4C)cc3n(C(c3cnccc3OC)C3CCOCC3)c12.COc1ccncc1C(C1CCOCC1)n1c2c(C)c(-c3c(C)nnn3C)cnc2c2c1c(C(=O)O)nn2C. The van der Waals surface area contributed by atoms with Crippen LogP contribution in [-0.2, 0) is 42.4 Å². The fourth-order valence-corrected chi connectivity index (χ4v) is 12.0. The predicted molar refractivity (Wildman–Crippen MR) is 285 cm³/mol. The lowest BCUT2D eigenvalue weighted by molar-refractivity contribution is 0.0545. The number of nitrogens with zero attached hydrogens (tertiary/aromatic N) is 16. The van der Waals surface area contributed by atoms with Crippen molar-refractivity contribution >= 4 is 56.1 Å². The first-order valence-corrected chi connectivity index (χ1v) is 25.7. The standard InChI is InChI=1S/2C27H30N8O4/c1-15-23(34(3)32-30-15)17-12-19-21(29-13-17)25-26(22(27(36)38-5)31-33(25)2)35(19)24(16-7-10-39-11-8-16)18-14-28-9-6-20(18)37-4;1-14-17(23-15(2)30-32-34(23)4)13-29-20-22(14)35(26-21(27(36)37)31-33(3)25(20)26)24(16-7-10-39-11-8-16)18-12-28-9-6-19(18)38-5/h6,9,12-14,16,24H,7-8,10-11H2,1-5H3;6,9,12-13,16,24H,7-8,10-11H2,1-5H3,(H,36,37). The number of aryl methyl sites for hydroxylation is 7. The van der Waals surface area contributed by atoms with Crippen LogP contribution in [0.3, 0.4) is 0 Å². The highest BCUT2D eigenvalue weighted by Crippen LogP contribution is 2.47. The molecular formula is C54H60N16O8. The molecule has 12 rings (SSSR count). The summed E-state index contributed by atoms with van der Waals surface area (Å²) in [5, 5.41) is 36.1. The Morgan fingerprint density at radius 3 is 1.67 bits per heavy atom. The number of ether oxygens (including phenoxy) is 5. The van der Waals surface area contributed by atoms with Gasteiger partial charge in [-0.05, 0) is 82.1 Å². The van der Waals surface area contributed by atoms with Crippen molar-refractivity contribution in [2.24, 2.45) is 40.0 Å². The average Bonchev–Trinajstić information content (AvgIpc) is 3.94. The third-order valence-corrected chi connectivity index (χ3v) is 15.4. The number of carboxylic acid groups (broad SMARTS) is 1. The largest absolute Gasteiger partial charge is 0.496 e. The van der Waals surface area contributed by atoms with E-state index in [9.17, 15) is 14.7 Å². The van der Waals surface area contributed by atoms with Crippen molar-refractivity contribution in [2.75, 3.05) is 47.8 Å². The second-order valence-electron chi connectivity index (χ2n) is 19.8. The molecule has 10 aromatic heterocycles. The fourth-order valence-electron chi connectivity index (χ4n) is 12.0. The maximum absolute atomic E-state index is 13.1. The van der Waals surface area contributed by atoms with Gasteiger partial charge in [-0.3, -0.25) is 29.3 Å². The van der Waals surface area contributed by atoms with Gasteiger partial charge in [0, 0.05) is 114 Å². The molecule has 2 saturated heterocycles. The van der Waals surface area contributed by atoms with E-state index in [0.717, 1.165) is 104 Å². The van der Waals surface area contributed by atoms with Crippen LogP contribution in [0.4, 0.5) is 0 Å². The predicted octanol–water partition coefficient (Wildman–Crippen LogP) is 6.69. The molecule has 0 saturated carbocycles. The van der Waals surface area contributed by atoms with Gasteiger partial charge in [0.25, 0.3) is 0 Å². The van der Waals surface area contributed by atoms with Crippen LogP contribution in [0.25, 0.3) is 66.6 Å². The fraction of sp³-hybridized carbons (Fsp3) is 0.407. The Morgan fingerprint density at radius 2 is 1.14 bits per heavy atom. The first kappa shape index (κ1) is 51.5. The molecule has 0 aliphatic carbocycles.